The van der Waals surface area contributed by atoms with Gasteiger partial charge in [-0.25, -0.2) is 0 Å². The van der Waals surface area contributed by atoms with Crippen LogP contribution in [0.2, 0.25) is 0 Å². The zero-order chi connectivity index (χ0) is 18.2. The first-order valence-electron chi connectivity index (χ1n) is 8.05. The summed E-state index contributed by atoms with van der Waals surface area (Å²) >= 11 is 6.25. The molecule has 0 unspecified atom stereocenters. The first-order valence-corrected chi connectivity index (χ1v) is 9.27. The van der Waals surface area contributed by atoms with Crippen molar-refractivity contribution in [1.82, 2.24) is 5.32 Å². The van der Waals surface area contributed by atoms with Crippen molar-refractivity contribution < 1.29 is 14.3 Å². The number of nitrogens with one attached hydrogen (secondary N) is 1. The molecule has 2 heterocycles. The summed E-state index contributed by atoms with van der Waals surface area (Å²) < 4.78 is 6.00. The Hall–Kier alpha value is -1.86. The highest BCUT2D eigenvalue weighted by Crippen LogP contribution is 2.35. The number of fused-ring (bicyclic) bond motifs is 1. The summed E-state index contributed by atoms with van der Waals surface area (Å²) in [5.74, 6) is 0.454. The SMILES string of the molecule is CC(C)(C)CCN1C(=O)COc2ccc(/C=C3/SC(=S)NC3=O)cc21. The predicted molar refractivity (Wildman–Crippen MR) is 105 cm³/mol. The molecular formula is C18H20N2O3S2. The monoisotopic (exact) mass is 376 g/mol. The number of carbonyl (C=O) groups excluding carboxylic acids is 2. The molecule has 1 N–H and O–H groups in total. The van der Waals surface area contributed by atoms with E-state index in [2.05, 4.69) is 26.1 Å². The van der Waals surface area contributed by atoms with Gasteiger partial charge in [-0.05, 0) is 35.6 Å². The molecule has 1 saturated heterocycles. The number of nitrogens with zero attached hydrogens (tertiary/aromatic N) is 1. The average molecular weight is 377 g/mol. The van der Waals surface area contributed by atoms with Gasteiger partial charge >= 0.3 is 0 Å². The molecule has 3 rings (SSSR count). The molecule has 132 valence electrons. The summed E-state index contributed by atoms with van der Waals surface area (Å²) in [4.78, 5) is 26.5. The van der Waals surface area contributed by atoms with Gasteiger partial charge in [-0.15, -0.1) is 0 Å². The first kappa shape index (κ1) is 17.9. The number of benzene rings is 1. The van der Waals surface area contributed by atoms with Crippen molar-refractivity contribution in [3.8, 4) is 5.75 Å². The zero-order valence-electron chi connectivity index (χ0n) is 14.4. The fraction of sp³-hybridized carbons (Fsp3) is 0.389. The minimum Gasteiger partial charge on any atom is -0.482 e. The lowest BCUT2D eigenvalue weighted by Gasteiger charge is -2.32. The molecule has 1 aromatic carbocycles. The Morgan fingerprint density at radius 3 is 2.76 bits per heavy atom. The van der Waals surface area contributed by atoms with Gasteiger partial charge in [-0.2, -0.15) is 0 Å². The van der Waals surface area contributed by atoms with Crippen molar-refractivity contribution in [2.75, 3.05) is 18.1 Å². The van der Waals surface area contributed by atoms with E-state index < -0.39 is 0 Å². The molecule has 0 bridgehead atoms. The summed E-state index contributed by atoms with van der Waals surface area (Å²) in [5.41, 5.74) is 1.72. The van der Waals surface area contributed by atoms with E-state index in [-0.39, 0.29) is 23.8 Å². The molecule has 25 heavy (non-hydrogen) atoms. The van der Waals surface area contributed by atoms with Gasteiger partial charge in [0.1, 0.15) is 10.1 Å². The number of ether oxygens (including phenoxy) is 1. The van der Waals surface area contributed by atoms with E-state index in [1.807, 2.05) is 18.2 Å². The maximum Gasteiger partial charge on any atom is 0.265 e. The molecule has 0 aromatic heterocycles. The molecule has 1 fully saturated rings. The smallest absolute Gasteiger partial charge is 0.265 e. The fourth-order valence-corrected chi connectivity index (χ4v) is 3.62. The Balaban J connectivity index is 1.90. The number of thioether (sulfide) groups is 1. The van der Waals surface area contributed by atoms with E-state index in [0.29, 0.717) is 21.5 Å². The highest BCUT2D eigenvalue weighted by atomic mass is 32.2. The highest BCUT2D eigenvalue weighted by Gasteiger charge is 2.27. The van der Waals surface area contributed by atoms with Crippen molar-refractivity contribution in [2.24, 2.45) is 5.41 Å². The third kappa shape index (κ3) is 4.22. The van der Waals surface area contributed by atoms with Crippen LogP contribution in [0.5, 0.6) is 5.75 Å². The molecule has 2 aliphatic heterocycles. The number of hydrogen-bond donors (Lipinski definition) is 1. The largest absolute Gasteiger partial charge is 0.482 e. The maximum atomic E-state index is 12.3. The number of amides is 2. The van der Waals surface area contributed by atoms with Gasteiger partial charge < -0.3 is 15.0 Å². The van der Waals surface area contributed by atoms with Gasteiger partial charge in [0.25, 0.3) is 11.8 Å². The zero-order valence-corrected chi connectivity index (χ0v) is 16.1. The summed E-state index contributed by atoms with van der Waals surface area (Å²) in [6.07, 6.45) is 2.66. The average Bonchev–Trinajstić information content (AvgIpc) is 2.83. The number of rotatable bonds is 3. The van der Waals surface area contributed by atoms with E-state index in [9.17, 15) is 9.59 Å². The van der Waals surface area contributed by atoms with Crippen LogP contribution < -0.4 is 15.0 Å². The molecule has 2 aliphatic rings. The predicted octanol–water partition coefficient (Wildman–Crippen LogP) is 3.34. The van der Waals surface area contributed by atoms with Crippen LogP contribution in [0.3, 0.4) is 0 Å². The Kier molecular flexibility index (Phi) is 4.88. The number of carbonyl (C=O) groups is 2. The summed E-state index contributed by atoms with van der Waals surface area (Å²) in [6, 6.07) is 5.60. The van der Waals surface area contributed by atoms with E-state index in [4.69, 9.17) is 17.0 Å². The lowest BCUT2D eigenvalue weighted by molar-refractivity contribution is -0.121. The van der Waals surface area contributed by atoms with E-state index in [1.165, 1.54) is 11.8 Å². The van der Waals surface area contributed by atoms with Crippen molar-refractivity contribution in [3.63, 3.8) is 0 Å². The minimum atomic E-state index is -0.190. The summed E-state index contributed by atoms with van der Waals surface area (Å²) in [7, 11) is 0. The molecule has 0 atom stereocenters. The summed E-state index contributed by atoms with van der Waals surface area (Å²) in [6.45, 7) is 7.15. The van der Waals surface area contributed by atoms with Crippen LogP contribution in [-0.4, -0.2) is 29.3 Å². The molecule has 0 spiro atoms. The number of hydrogen-bond acceptors (Lipinski definition) is 5. The van der Waals surface area contributed by atoms with Crippen molar-refractivity contribution in [1.29, 1.82) is 0 Å². The lowest BCUT2D eigenvalue weighted by atomic mass is 9.92. The van der Waals surface area contributed by atoms with Gasteiger partial charge in [0.2, 0.25) is 0 Å². The highest BCUT2D eigenvalue weighted by molar-refractivity contribution is 8.26. The van der Waals surface area contributed by atoms with Crippen LogP contribution >= 0.6 is 24.0 Å². The number of anilines is 1. The normalized spacial score (nSPS) is 19.1. The molecule has 0 aliphatic carbocycles. The van der Waals surface area contributed by atoms with Crippen molar-refractivity contribution in [3.05, 3.63) is 28.7 Å². The Morgan fingerprint density at radius 2 is 2.12 bits per heavy atom. The third-order valence-corrected chi connectivity index (χ3v) is 5.11. The van der Waals surface area contributed by atoms with Crippen LogP contribution in [0.4, 0.5) is 5.69 Å². The summed E-state index contributed by atoms with van der Waals surface area (Å²) in [5, 5.41) is 2.60. The second-order valence-electron chi connectivity index (χ2n) is 7.22. The van der Waals surface area contributed by atoms with Gasteiger partial charge in [-0.1, -0.05) is 50.8 Å². The Morgan fingerprint density at radius 1 is 1.36 bits per heavy atom. The molecule has 0 saturated carbocycles. The van der Waals surface area contributed by atoms with Crippen molar-refractivity contribution in [2.45, 2.75) is 27.2 Å². The third-order valence-electron chi connectivity index (χ3n) is 3.95. The maximum absolute atomic E-state index is 12.3. The van der Waals surface area contributed by atoms with Crippen LogP contribution in [0, 0.1) is 5.41 Å². The van der Waals surface area contributed by atoms with Gasteiger partial charge in [-0.3, -0.25) is 9.59 Å². The topological polar surface area (TPSA) is 58.6 Å². The second-order valence-corrected chi connectivity index (χ2v) is 8.94. The molecule has 2 amide bonds. The fourth-order valence-electron chi connectivity index (χ4n) is 2.57. The molecular weight excluding hydrogens is 356 g/mol. The van der Waals surface area contributed by atoms with Crippen LogP contribution in [0.25, 0.3) is 6.08 Å². The lowest BCUT2D eigenvalue weighted by Crippen LogP contribution is -2.40. The first-order chi connectivity index (χ1) is 11.7. The van der Waals surface area contributed by atoms with Gasteiger partial charge in [0, 0.05) is 6.54 Å². The molecule has 7 heteroatoms. The molecule has 0 radical (unpaired) electrons. The van der Waals surface area contributed by atoms with E-state index >= 15 is 0 Å². The van der Waals surface area contributed by atoms with E-state index in [0.717, 1.165) is 17.7 Å². The minimum absolute atomic E-state index is 0.0456. The van der Waals surface area contributed by atoms with Crippen molar-refractivity contribution >= 4 is 51.9 Å². The van der Waals surface area contributed by atoms with E-state index in [1.54, 1.807) is 11.0 Å². The Bertz CT molecular complexity index is 781. The molecule has 5 nitrogen and oxygen atoms in total. The van der Waals surface area contributed by atoms with Crippen LogP contribution in [0.15, 0.2) is 23.1 Å². The number of thiocarbonyl (C=S) groups is 1. The second kappa shape index (κ2) is 6.80. The molecule has 1 aromatic rings. The Labute approximate surface area is 156 Å². The van der Waals surface area contributed by atoms with Crippen LogP contribution in [-0.2, 0) is 9.59 Å². The standard InChI is InChI=1S/C18H20N2O3S2/c1-18(2,3)6-7-20-12-8-11(4-5-13(12)23-10-15(20)21)9-14-16(22)19-17(24)25-14/h4-5,8-9H,6-7,10H2,1-3H3,(H,19,22,24)/b14-9+. The quantitative estimate of drug-likeness (QED) is 0.648. The van der Waals surface area contributed by atoms with Gasteiger partial charge in [0.05, 0.1) is 10.6 Å². The van der Waals surface area contributed by atoms with Gasteiger partial charge in [0.15, 0.2) is 6.61 Å². The van der Waals surface area contributed by atoms with Crippen LogP contribution in [0.1, 0.15) is 32.8 Å².